The van der Waals surface area contributed by atoms with Gasteiger partial charge in [-0.1, -0.05) is 12.5 Å². The van der Waals surface area contributed by atoms with Gasteiger partial charge in [0.05, 0.1) is 11.1 Å². The molecule has 0 radical (unpaired) electrons. The van der Waals surface area contributed by atoms with Crippen molar-refractivity contribution in [3.8, 4) is 0 Å². The highest BCUT2D eigenvalue weighted by Gasteiger charge is 2.21. The van der Waals surface area contributed by atoms with E-state index in [2.05, 4.69) is 5.43 Å². The zero-order valence-corrected chi connectivity index (χ0v) is 11.8. The van der Waals surface area contributed by atoms with Crippen LogP contribution < -0.4 is 11.2 Å². The lowest BCUT2D eigenvalue weighted by Crippen LogP contribution is -2.44. The number of piperidine rings is 1. The molecule has 0 bridgehead atoms. The number of benzene rings is 1. The summed E-state index contributed by atoms with van der Waals surface area (Å²) in [6.45, 7) is 1.70. The first-order chi connectivity index (χ1) is 9.66. The number of nitrogens with zero attached hydrogens (tertiary/aromatic N) is 1. The fourth-order valence-corrected chi connectivity index (χ4v) is 3.52. The molecule has 2 heterocycles. The first kappa shape index (κ1) is 13.3. The summed E-state index contributed by atoms with van der Waals surface area (Å²) < 4.78 is 14.5. The van der Waals surface area contributed by atoms with Crippen molar-refractivity contribution < 1.29 is 9.18 Å². The Kier molecular flexibility index (Phi) is 3.58. The number of amides is 1. The number of hydrogen-bond acceptors (Lipinski definition) is 4. The molecule has 1 aromatic heterocycles. The predicted octanol–water partition coefficient (Wildman–Crippen LogP) is 2.75. The number of rotatable bonds is 2. The van der Waals surface area contributed by atoms with Gasteiger partial charge < -0.3 is 5.73 Å². The van der Waals surface area contributed by atoms with Crippen molar-refractivity contribution in [3.05, 3.63) is 28.9 Å². The highest BCUT2D eigenvalue weighted by molar-refractivity contribution is 7.21. The van der Waals surface area contributed by atoms with Gasteiger partial charge in [-0.2, -0.15) is 0 Å². The highest BCUT2D eigenvalue weighted by atomic mass is 32.1. The lowest BCUT2D eigenvalue weighted by molar-refractivity contribution is 0.0755. The van der Waals surface area contributed by atoms with Crippen LogP contribution >= 0.6 is 11.3 Å². The molecule has 0 saturated carbocycles. The molecule has 0 unspecified atom stereocenters. The number of nitrogens with one attached hydrogen (secondary N) is 1. The average molecular weight is 293 g/mol. The smallest absolute Gasteiger partial charge is 0.277 e. The summed E-state index contributed by atoms with van der Waals surface area (Å²) in [6, 6.07) is 4.76. The Balaban J connectivity index is 1.87. The fraction of sp³-hybridized carbons (Fsp3) is 0.357. The molecule has 1 aliphatic heterocycles. The zero-order chi connectivity index (χ0) is 14.1. The van der Waals surface area contributed by atoms with E-state index in [1.807, 2.05) is 5.01 Å². The monoisotopic (exact) mass is 293 g/mol. The first-order valence-electron chi connectivity index (χ1n) is 6.69. The Bertz CT molecular complexity index is 649. The summed E-state index contributed by atoms with van der Waals surface area (Å²) in [4.78, 5) is 12.7. The second-order valence-electron chi connectivity index (χ2n) is 4.95. The number of carbonyl (C=O) groups excluding carboxylic acids is 1. The number of hydrazine groups is 1. The van der Waals surface area contributed by atoms with Crippen molar-refractivity contribution in [1.29, 1.82) is 0 Å². The fourth-order valence-electron chi connectivity index (χ4n) is 2.50. The molecule has 2 aromatic rings. The molecule has 6 heteroatoms. The molecule has 1 aliphatic rings. The number of carbonyl (C=O) groups is 1. The molecule has 1 aromatic carbocycles. The van der Waals surface area contributed by atoms with Crippen molar-refractivity contribution in [3.63, 3.8) is 0 Å². The SMILES string of the molecule is Nc1c(C(=O)NN2CCCCC2)sc2cccc(F)c12. The number of anilines is 1. The Morgan fingerprint density at radius 1 is 1.30 bits per heavy atom. The number of nitrogen functional groups attached to an aromatic ring is 1. The van der Waals surface area contributed by atoms with Gasteiger partial charge in [0.2, 0.25) is 0 Å². The third kappa shape index (κ3) is 2.36. The summed E-state index contributed by atoms with van der Waals surface area (Å²) in [5.74, 6) is -0.627. The van der Waals surface area contributed by atoms with Crippen LogP contribution in [0.2, 0.25) is 0 Å². The maximum Gasteiger partial charge on any atom is 0.277 e. The van der Waals surface area contributed by atoms with Crippen LogP contribution in [0, 0.1) is 5.82 Å². The van der Waals surface area contributed by atoms with Crippen LogP contribution in [0.25, 0.3) is 10.1 Å². The van der Waals surface area contributed by atoms with E-state index in [-0.39, 0.29) is 17.4 Å². The molecule has 3 N–H and O–H groups in total. The summed E-state index contributed by atoms with van der Waals surface area (Å²) in [5, 5.41) is 2.26. The number of fused-ring (bicyclic) bond motifs is 1. The molecule has 1 saturated heterocycles. The van der Waals surface area contributed by atoms with Crippen molar-refractivity contribution in [1.82, 2.24) is 10.4 Å². The topological polar surface area (TPSA) is 58.4 Å². The van der Waals surface area contributed by atoms with Crippen LogP contribution in [-0.2, 0) is 0 Å². The molecule has 20 heavy (non-hydrogen) atoms. The Morgan fingerprint density at radius 3 is 2.75 bits per heavy atom. The molecule has 0 aliphatic carbocycles. The Hall–Kier alpha value is -1.66. The van der Waals surface area contributed by atoms with Gasteiger partial charge in [-0.05, 0) is 25.0 Å². The van der Waals surface area contributed by atoms with Crippen LogP contribution in [0.3, 0.4) is 0 Å². The molecule has 1 fully saturated rings. The summed E-state index contributed by atoms with van der Waals surface area (Å²) in [7, 11) is 0. The van der Waals surface area contributed by atoms with E-state index < -0.39 is 0 Å². The second-order valence-corrected chi connectivity index (χ2v) is 6.00. The van der Waals surface area contributed by atoms with Gasteiger partial charge in [-0.25, -0.2) is 9.40 Å². The predicted molar refractivity (Wildman–Crippen MR) is 79.1 cm³/mol. The van der Waals surface area contributed by atoms with Crippen LogP contribution in [0.15, 0.2) is 18.2 Å². The molecular weight excluding hydrogens is 277 g/mol. The van der Waals surface area contributed by atoms with Gasteiger partial charge in [-0.15, -0.1) is 11.3 Å². The lowest BCUT2D eigenvalue weighted by atomic mass is 10.2. The van der Waals surface area contributed by atoms with Crippen molar-refractivity contribution in [2.75, 3.05) is 18.8 Å². The highest BCUT2D eigenvalue weighted by Crippen LogP contribution is 2.35. The van der Waals surface area contributed by atoms with E-state index in [0.717, 1.165) is 25.9 Å². The number of hydrogen-bond donors (Lipinski definition) is 2. The van der Waals surface area contributed by atoms with E-state index in [9.17, 15) is 9.18 Å². The summed E-state index contributed by atoms with van der Waals surface area (Å²) in [5.41, 5.74) is 9.03. The minimum absolute atomic E-state index is 0.234. The van der Waals surface area contributed by atoms with E-state index in [0.29, 0.717) is 15.0 Å². The molecule has 0 atom stereocenters. The molecular formula is C14H16FN3OS. The minimum Gasteiger partial charge on any atom is -0.397 e. The summed E-state index contributed by atoms with van der Waals surface area (Å²) in [6.07, 6.45) is 3.36. The third-order valence-electron chi connectivity index (χ3n) is 3.52. The normalized spacial score (nSPS) is 16.4. The number of thiophene rings is 1. The van der Waals surface area contributed by atoms with Crippen LogP contribution in [0.4, 0.5) is 10.1 Å². The molecule has 4 nitrogen and oxygen atoms in total. The van der Waals surface area contributed by atoms with Gasteiger partial charge in [-0.3, -0.25) is 10.2 Å². The standard InChI is InChI=1S/C14H16FN3OS/c15-9-5-4-6-10-11(9)12(16)13(20-10)14(19)17-18-7-2-1-3-8-18/h4-6H,1-3,7-8,16H2,(H,17,19). The van der Waals surface area contributed by atoms with Gasteiger partial charge in [0, 0.05) is 17.8 Å². The molecule has 3 rings (SSSR count). The maximum atomic E-state index is 13.8. The van der Waals surface area contributed by atoms with Crippen LogP contribution in [0.5, 0.6) is 0 Å². The van der Waals surface area contributed by atoms with Crippen molar-refractivity contribution in [2.24, 2.45) is 0 Å². The first-order valence-corrected chi connectivity index (χ1v) is 7.51. The summed E-state index contributed by atoms with van der Waals surface area (Å²) >= 11 is 1.23. The van der Waals surface area contributed by atoms with E-state index in [1.165, 1.54) is 23.8 Å². The maximum absolute atomic E-state index is 13.8. The number of halogens is 1. The zero-order valence-electron chi connectivity index (χ0n) is 11.0. The van der Waals surface area contributed by atoms with Gasteiger partial charge in [0.25, 0.3) is 5.91 Å². The molecule has 0 spiro atoms. The Labute approximate surface area is 120 Å². The van der Waals surface area contributed by atoms with E-state index >= 15 is 0 Å². The van der Waals surface area contributed by atoms with Gasteiger partial charge in [0.1, 0.15) is 10.7 Å². The molecule has 1 amide bonds. The van der Waals surface area contributed by atoms with Crippen molar-refractivity contribution >= 4 is 33.0 Å². The number of nitrogens with two attached hydrogens (primary N) is 1. The Morgan fingerprint density at radius 2 is 2.05 bits per heavy atom. The quantitative estimate of drug-likeness (QED) is 0.895. The van der Waals surface area contributed by atoms with Gasteiger partial charge in [0.15, 0.2) is 0 Å². The van der Waals surface area contributed by atoms with Gasteiger partial charge >= 0.3 is 0 Å². The molecule has 106 valence electrons. The van der Waals surface area contributed by atoms with E-state index in [1.54, 1.807) is 12.1 Å². The van der Waals surface area contributed by atoms with E-state index in [4.69, 9.17) is 5.73 Å². The van der Waals surface area contributed by atoms with Crippen molar-refractivity contribution in [2.45, 2.75) is 19.3 Å². The lowest BCUT2D eigenvalue weighted by Gasteiger charge is -2.26. The second kappa shape index (κ2) is 5.38. The third-order valence-corrected chi connectivity index (χ3v) is 4.69. The minimum atomic E-state index is -0.381. The van der Waals surface area contributed by atoms with Crippen LogP contribution in [-0.4, -0.2) is 24.0 Å². The van der Waals surface area contributed by atoms with Crippen LogP contribution in [0.1, 0.15) is 28.9 Å². The largest absolute Gasteiger partial charge is 0.397 e. The average Bonchev–Trinajstić information content (AvgIpc) is 2.79.